The number of hydrogen-bond acceptors (Lipinski definition) is 3. The molecule has 80 heavy (non-hydrogen) atoms. The second-order valence-corrected chi connectivity index (χ2v) is 20.3. The Kier molecular flexibility index (Phi) is 11.4. The first-order valence-corrected chi connectivity index (χ1v) is 27.2. The zero-order chi connectivity index (χ0) is 52.9. The van der Waals surface area contributed by atoms with Crippen molar-refractivity contribution in [2.75, 3.05) is 0 Å². The van der Waals surface area contributed by atoms with Crippen LogP contribution in [0.15, 0.2) is 297 Å². The highest BCUT2D eigenvalue weighted by Crippen LogP contribution is 2.43. The molecule has 3 aromatic heterocycles. The van der Waals surface area contributed by atoms with Crippen LogP contribution in [-0.2, 0) is 0 Å². The SMILES string of the molecule is c1ccc(-c2ccc3c(c2)c2cc(-c4ccccc4)ccc2n3-c2ccccc2-c2nc(-c3ccccc3)nc(-n3c4ccc(-c5ccccc5-c5ccccc5)cc4c4cc(-c5ccccc5-c5ccccc5)ccc43)n2)cc1. The molecule has 0 saturated carbocycles. The third kappa shape index (κ3) is 8.15. The van der Waals surface area contributed by atoms with Crippen molar-refractivity contribution in [3.8, 4) is 101 Å². The van der Waals surface area contributed by atoms with Crippen molar-refractivity contribution in [1.29, 1.82) is 0 Å². The van der Waals surface area contributed by atoms with Crippen LogP contribution < -0.4 is 0 Å². The van der Waals surface area contributed by atoms with Crippen molar-refractivity contribution < 1.29 is 0 Å². The maximum Gasteiger partial charge on any atom is 0.238 e. The number of aromatic nitrogens is 5. The highest BCUT2D eigenvalue weighted by molar-refractivity contribution is 6.13. The van der Waals surface area contributed by atoms with E-state index in [1.165, 1.54) is 33.4 Å². The van der Waals surface area contributed by atoms with E-state index in [4.69, 9.17) is 15.0 Å². The summed E-state index contributed by atoms with van der Waals surface area (Å²) in [5, 5.41) is 4.52. The fourth-order valence-corrected chi connectivity index (χ4v) is 11.8. The van der Waals surface area contributed by atoms with Crippen LogP contribution in [0.2, 0.25) is 0 Å². The van der Waals surface area contributed by atoms with E-state index < -0.39 is 0 Å². The largest absolute Gasteiger partial charge is 0.309 e. The van der Waals surface area contributed by atoms with Crippen LogP contribution in [0.5, 0.6) is 0 Å². The Labute approximate surface area is 463 Å². The zero-order valence-corrected chi connectivity index (χ0v) is 43.5. The van der Waals surface area contributed by atoms with Gasteiger partial charge in [-0.3, -0.25) is 4.57 Å². The molecule has 0 unspecified atom stereocenters. The van der Waals surface area contributed by atoms with Gasteiger partial charge in [-0.2, -0.15) is 9.97 Å². The molecule has 0 N–H and O–H groups in total. The molecule has 3 heterocycles. The van der Waals surface area contributed by atoms with Crippen molar-refractivity contribution in [3.05, 3.63) is 297 Å². The molecule has 15 aromatic rings. The van der Waals surface area contributed by atoms with Gasteiger partial charge < -0.3 is 4.57 Å². The lowest BCUT2D eigenvalue weighted by Gasteiger charge is -2.15. The fourth-order valence-electron chi connectivity index (χ4n) is 11.8. The van der Waals surface area contributed by atoms with E-state index >= 15 is 0 Å². The van der Waals surface area contributed by atoms with Crippen molar-refractivity contribution in [2.24, 2.45) is 0 Å². The van der Waals surface area contributed by atoms with E-state index in [9.17, 15) is 0 Å². The Bertz CT molecular complexity index is 4560. The zero-order valence-electron chi connectivity index (χ0n) is 43.5. The molecule has 0 amide bonds. The highest BCUT2D eigenvalue weighted by Gasteiger charge is 2.23. The maximum absolute atomic E-state index is 5.61. The summed E-state index contributed by atoms with van der Waals surface area (Å²) < 4.78 is 4.63. The summed E-state index contributed by atoms with van der Waals surface area (Å²) in [6.45, 7) is 0. The number of fused-ring (bicyclic) bond motifs is 6. The van der Waals surface area contributed by atoms with Crippen LogP contribution in [0.4, 0.5) is 0 Å². The minimum Gasteiger partial charge on any atom is -0.309 e. The highest BCUT2D eigenvalue weighted by atomic mass is 15.2. The number of para-hydroxylation sites is 1. The lowest BCUT2D eigenvalue weighted by molar-refractivity contribution is 0.951. The average molecular weight is 1020 g/mol. The predicted molar refractivity (Wildman–Crippen MR) is 332 cm³/mol. The lowest BCUT2D eigenvalue weighted by atomic mass is 9.92. The van der Waals surface area contributed by atoms with Gasteiger partial charge in [-0.05, 0) is 127 Å². The van der Waals surface area contributed by atoms with E-state index in [-0.39, 0.29) is 0 Å². The molecule has 0 aliphatic rings. The monoisotopic (exact) mass is 1020 g/mol. The lowest BCUT2D eigenvalue weighted by Crippen LogP contribution is -2.07. The molecule has 0 spiro atoms. The molecule has 374 valence electrons. The first-order valence-electron chi connectivity index (χ1n) is 27.2. The molecule has 0 fully saturated rings. The number of hydrogen-bond donors (Lipinski definition) is 0. The van der Waals surface area contributed by atoms with Gasteiger partial charge in [0.15, 0.2) is 11.6 Å². The Morgan fingerprint density at radius 3 is 0.950 bits per heavy atom. The third-order valence-corrected chi connectivity index (χ3v) is 15.6. The number of rotatable bonds is 10. The van der Waals surface area contributed by atoms with E-state index in [1.807, 2.05) is 18.2 Å². The van der Waals surface area contributed by atoms with Crippen molar-refractivity contribution in [2.45, 2.75) is 0 Å². The van der Waals surface area contributed by atoms with E-state index in [0.29, 0.717) is 17.6 Å². The number of benzene rings is 12. The van der Waals surface area contributed by atoms with Crippen LogP contribution in [0, 0.1) is 0 Å². The van der Waals surface area contributed by atoms with Crippen LogP contribution in [0.3, 0.4) is 0 Å². The predicted octanol–water partition coefficient (Wildman–Crippen LogP) is 19.4. The Balaban J connectivity index is 0.968. The quantitative estimate of drug-likeness (QED) is 0.137. The normalized spacial score (nSPS) is 11.5. The fraction of sp³-hybridized carbons (Fsp3) is 0. The van der Waals surface area contributed by atoms with Crippen LogP contribution in [0.25, 0.3) is 145 Å². The first kappa shape index (κ1) is 46.5. The summed E-state index contributed by atoms with van der Waals surface area (Å²) >= 11 is 0. The van der Waals surface area contributed by atoms with Crippen LogP contribution in [0.1, 0.15) is 0 Å². The molecule has 5 nitrogen and oxygen atoms in total. The average Bonchev–Trinajstić information content (AvgIpc) is 4.13. The van der Waals surface area contributed by atoms with Gasteiger partial charge in [-0.15, -0.1) is 0 Å². The van der Waals surface area contributed by atoms with Gasteiger partial charge in [-0.25, -0.2) is 4.98 Å². The number of nitrogens with zero attached hydrogens (tertiary/aromatic N) is 5. The molecule has 15 rings (SSSR count). The van der Waals surface area contributed by atoms with Crippen molar-refractivity contribution in [3.63, 3.8) is 0 Å². The summed E-state index contributed by atoms with van der Waals surface area (Å²) in [6, 6.07) is 106. The topological polar surface area (TPSA) is 48.5 Å². The van der Waals surface area contributed by atoms with E-state index in [0.717, 1.165) is 93.8 Å². The smallest absolute Gasteiger partial charge is 0.238 e. The summed E-state index contributed by atoms with van der Waals surface area (Å²) in [5.74, 6) is 1.68. The molecule has 5 heteroatoms. The third-order valence-electron chi connectivity index (χ3n) is 15.6. The minimum absolute atomic E-state index is 0.528. The van der Waals surface area contributed by atoms with Crippen molar-refractivity contribution in [1.82, 2.24) is 24.1 Å². The molecule has 0 radical (unpaired) electrons. The molecular formula is C75H49N5. The standard InChI is InChI=1S/C75H49N5/c1-6-22-50(23-7-1)55-38-42-69-64(46-55)65-47-56(51-24-8-2-9-25-51)39-43-70(65)79(69)68-37-21-20-36-63(68)74-76-73(54-30-14-5-15-31-54)77-75(78-74)80-71-44-40-57(61-34-18-16-32-59(61)52-26-10-3-11-27-52)48-66(71)67-49-58(41-45-72(67)80)62-35-19-17-33-60(62)53-28-12-4-13-29-53/h1-49H. The van der Waals surface area contributed by atoms with Crippen LogP contribution in [-0.4, -0.2) is 24.1 Å². The Morgan fingerprint density at radius 2 is 0.512 bits per heavy atom. The molecule has 0 aliphatic heterocycles. The van der Waals surface area contributed by atoms with Gasteiger partial charge in [0.25, 0.3) is 0 Å². The Morgan fingerprint density at radius 1 is 0.200 bits per heavy atom. The molecular weight excluding hydrogens is 971 g/mol. The van der Waals surface area contributed by atoms with E-state index in [2.05, 4.69) is 288 Å². The van der Waals surface area contributed by atoms with Gasteiger partial charge in [0.05, 0.1) is 27.8 Å². The molecule has 12 aromatic carbocycles. The van der Waals surface area contributed by atoms with Gasteiger partial charge in [0.2, 0.25) is 5.95 Å². The van der Waals surface area contributed by atoms with Gasteiger partial charge in [0, 0.05) is 32.7 Å². The minimum atomic E-state index is 0.528. The summed E-state index contributed by atoms with van der Waals surface area (Å²) in [7, 11) is 0. The second kappa shape index (κ2) is 19.7. The molecule has 0 bridgehead atoms. The van der Waals surface area contributed by atoms with Gasteiger partial charge in [-0.1, -0.05) is 237 Å². The second-order valence-electron chi connectivity index (χ2n) is 20.3. The summed E-state index contributed by atoms with van der Waals surface area (Å²) in [5.41, 5.74) is 20.9. The summed E-state index contributed by atoms with van der Waals surface area (Å²) in [4.78, 5) is 16.5. The first-order chi connectivity index (χ1) is 39.7. The summed E-state index contributed by atoms with van der Waals surface area (Å²) in [6.07, 6.45) is 0. The van der Waals surface area contributed by atoms with Crippen molar-refractivity contribution >= 4 is 43.6 Å². The molecule has 0 saturated heterocycles. The van der Waals surface area contributed by atoms with Crippen LogP contribution >= 0.6 is 0 Å². The van der Waals surface area contributed by atoms with E-state index in [1.54, 1.807) is 0 Å². The van der Waals surface area contributed by atoms with Gasteiger partial charge in [0.1, 0.15) is 0 Å². The maximum atomic E-state index is 5.61. The Hall–Kier alpha value is -10.8. The molecule has 0 aliphatic carbocycles. The van der Waals surface area contributed by atoms with Gasteiger partial charge >= 0.3 is 0 Å². The molecule has 0 atom stereocenters.